The molecule has 2 aliphatic heterocycles. The quantitative estimate of drug-likeness (QED) is 0.480. The molecule has 2 saturated heterocycles. The Hall–Kier alpha value is -0.160. The van der Waals surface area contributed by atoms with Crippen LogP contribution in [0.3, 0.4) is 0 Å². The average molecular weight is 426 g/mol. The first-order chi connectivity index (χ1) is 14.1. The Morgan fingerprint density at radius 2 is 1.63 bits per heavy atom. The van der Waals surface area contributed by atoms with Gasteiger partial charge in [0, 0.05) is 32.5 Å². The van der Waals surface area contributed by atoms with E-state index < -0.39 is 0 Å². The van der Waals surface area contributed by atoms with Gasteiger partial charge in [0.2, 0.25) is 0 Å². The third kappa shape index (κ3) is 7.76. The summed E-state index contributed by atoms with van der Waals surface area (Å²) in [5.41, 5.74) is 0.780. The van der Waals surface area contributed by atoms with Crippen LogP contribution in [0.4, 0.5) is 0 Å². The molecule has 0 N–H and O–H groups in total. The molecule has 0 bridgehead atoms. The van der Waals surface area contributed by atoms with E-state index in [-0.39, 0.29) is 11.9 Å². The van der Waals surface area contributed by atoms with E-state index in [9.17, 15) is 0 Å². The molecule has 0 aromatic rings. The molecule has 4 nitrogen and oxygen atoms in total. The van der Waals surface area contributed by atoms with Crippen molar-refractivity contribution in [2.75, 3.05) is 33.4 Å². The Morgan fingerprint density at radius 1 is 0.967 bits per heavy atom. The predicted octanol–water partition coefficient (Wildman–Crippen LogP) is 6.28. The first kappa shape index (κ1) is 26.1. The topological polar surface area (TPSA) is 30.9 Å². The van der Waals surface area contributed by atoms with E-state index in [4.69, 9.17) is 14.2 Å². The van der Waals surface area contributed by atoms with Crippen molar-refractivity contribution in [3.63, 3.8) is 0 Å². The molecule has 0 radical (unpaired) electrons. The molecule has 3 aliphatic rings. The average Bonchev–Trinajstić information content (AvgIpc) is 3.31. The summed E-state index contributed by atoms with van der Waals surface area (Å²) in [5.74, 6) is 0.493. The molecule has 0 amide bonds. The first-order valence-corrected chi connectivity index (χ1v) is 12.7. The van der Waals surface area contributed by atoms with E-state index in [1.54, 1.807) is 0 Å². The SMILES string of the molecule is CC.CN(CCC1COC2(CCC(C(C)(C)CC(C)(C)C)CC2)O1)CC1CCCO1. The van der Waals surface area contributed by atoms with Crippen LogP contribution in [0.5, 0.6) is 0 Å². The lowest BCUT2D eigenvalue weighted by atomic mass is 9.64. The fraction of sp³-hybridized carbons (Fsp3) is 1.00. The first-order valence-electron chi connectivity index (χ1n) is 12.7. The maximum atomic E-state index is 6.49. The third-order valence-electron chi connectivity index (χ3n) is 7.12. The molecule has 2 unspecified atom stereocenters. The van der Waals surface area contributed by atoms with Crippen molar-refractivity contribution in [1.29, 1.82) is 0 Å². The third-order valence-corrected chi connectivity index (χ3v) is 7.12. The number of ether oxygens (including phenoxy) is 3. The van der Waals surface area contributed by atoms with Gasteiger partial charge in [-0.2, -0.15) is 0 Å². The lowest BCUT2D eigenvalue weighted by Gasteiger charge is -2.45. The van der Waals surface area contributed by atoms with Crippen molar-refractivity contribution in [2.45, 2.75) is 118 Å². The van der Waals surface area contributed by atoms with Gasteiger partial charge in [-0.05, 0) is 62.3 Å². The van der Waals surface area contributed by atoms with E-state index >= 15 is 0 Å². The molecule has 1 spiro atoms. The minimum Gasteiger partial charge on any atom is -0.377 e. The summed E-state index contributed by atoms with van der Waals surface area (Å²) in [5, 5.41) is 0. The molecule has 3 rings (SSSR count). The number of hydrogen-bond acceptors (Lipinski definition) is 4. The summed E-state index contributed by atoms with van der Waals surface area (Å²) in [7, 11) is 2.20. The molecule has 0 aromatic heterocycles. The van der Waals surface area contributed by atoms with Gasteiger partial charge in [0.05, 0.1) is 18.8 Å². The molecule has 3 fully saturated rings. The Kier molecular flexibility index (Phi) is 9.67. The predicted molar refractivity (Wildman–Crippen MR) is 126 cm³/mol. The van der Waals surface area contributed by atoms with Crippen LogP contribution in [0.1, 0.15) is 99.8 Å². The zero-order chi connectivity index (χ0) is 22.4. The normalized spacial score (nSPS) is 32.5. The standard InChI is InChI=1S/C24H45NO3.C2H6/c1-22(2,3)18-23(4,5)19-9-12-24(13-10-19)27-17-21(28-24)11-14-25(6)16-20-8-7-15-26-20;1-2/h19-21H,7-18H2,1-6H3;1-2H3. The molecule has 0 aromatic carbocycles. The van der Waals surface area contributed by atoms with Crippen molar-refractivity contribution in [3.05, 3.63) is 0 Å². The fourth-order valence-corrected chi connectivity index (χ4v) is 5.96. The molecule has 2 atom stereocenters. The van der Waals surface area contributed by atoms with Gasteiger partial charge in [-0.3, -0.25) is 0 Å². The summed E-state index contributed by atoms with van der Waals surface area (Å²) in [6.45, 7) is 19.8. The van der Waals surface area contributed by atoms with Gasteiger partial charge in [0.25, 0.3) is 0 Å². The summed E-state index contributed by atoms with van der Waals surface area (Å²) >= 11 is 0. The van der Waals surface area contributed by atoms with Crippen molar-refractivity contribution in [1.82, 2.24) is 4.90 Å². The van der Waals surface area contributed by atoms with Crippen molar-refractivity contribution in [3.8, 4) is 0 Å². The van der Waals surface area contributed by atoms with Crippen LogP contribution in [-0.4, -0.2) is 56.2 Å². The highest BCUT2D eigenvalue weighted by Gasteiger charge is 2.47. The van der Waals surface area contributed by atoms with Crippen LogP contribution in [0.2, 0.25) is 0 Å². The smallest absolute Gasteiger partial charge is 0.168 e. The number of likely N-dealkylation sites (N-methyl/N-ethyl adjacent to an activating group) is 1. The van der Waals surface area contributed by atoms with E-state index in [2.05, 4.69) is 46.6 Å². The van der Waals surface area contributed by atoms with Crippen LogP contribution < -0.4 is 0 Å². The molecular weight excluding hydrogens is 374 g/mol. The van der Waals surface area contributed by atoms with Crippen LogP contribution in [0.25, 0.3) is 0 Å². The van der Waals surface area contributed by atoms with Gasteiger partial charge in [0.1, 0.15) is 0 Å². The second kappa shape index (κ2) is 11.1. The number of nitrogens with zero attached hydrogens (tertiary/aromatic N) is 1. The second-order valence-corrected chi connectivity index (χ2v) is 11.6. The fourth-order valence-electron chi connectivity index (χ4n) is 5.96. The molecule has 1 aliphatic carbocycles. The summed E-state index contributed by atoms with van der Waals surface area (Å²) in [6.07, 6.45) is 10.0. The Labute approximate surface area is 187 Å². The minimum atomic E-state index is -0.286. The Morgan fingerprint density at radius 3 is 2.20 bits per heavy atom. The van der Waals surface area contributed by atoms with Crippen LogP contribution in [0.15, 0.2) is 0 Å². The van der Waals surface area contributed by atoms with Crippen molar-refractivity contribution < 1.29 is 14.2 Å². The zero-order valence-corrected chi connectivity index (χ0v) is 21.4. The lowest BCUT2D eigenvalue weighted by Crippen LogP contribution is -2.40. The molecule has 178 valence electrons. The van der Waals surface area contributed by atoms with Crippen LogP contribution in [-0.2, 0) is 14.2 Å². The van der Waals surface area contributed by atoms with E-state index in [0.717, 1.165) is 51.5 Å². The van der Waals surface area contributed by atoms with Crippen LogP contribution >= 0.6 is 0 Å². The van der Waals surface area contributed by atoms with Gasteiger partial charge >= 0.3 is 0 Å². The zero-order valence-electron chi connectivity index (χ0n) is 21.4. The Balaban J connectivity index is 0.00000155. The summed E-state index contributed by atoms with van der Waals surface area (Å²) < 4.78 is 18.5. The molecule has 30 heavy (non-hydrogen) atoms. The molecule has 2 heterocycles. The van der Waals surface area contributed by atoms with E-state index in [0.29, 0.717) is 16.9 Å². The highest BCUT2D eigenvalue weighted by atomic mass is 16.7. The second-order valence-electron chi connectivity index (χ2n) is 11.6. The monoisotopic (exact) mass is 425 g/mol. The largest absolute Gasteiger partial charge is 0.377 e. The van der Waals surface area contributed by atoms with Gasteiger partial charge in [0.15, 0.2) is 5.79 Å². The Bertz CT molecular complexity index is 485. The number of rotatable bonds is 7. The van der Waals surface area contributed by atoms with Crippen molar-refractivity contribution in [2.24, 2.45) is 16.7 Å². The van der Waals surface area contributed by atoms with Crippen LogP contribution in [0, 0.1) is 16.7 Å². The van der Waals surface area contributed by atoms with E-state index in [1.165, 1.54) is 32.1 Å². The molecular formula is C26H51NO3. The van der Waals surface area contributed by atoms with Gasteiger partial charge in [-0.1, -0.05) is 48.5 Å². The summed E-state index contributed by atoms with van der Waals surface area (Å²) in [4.78, 5) is 2.40. The molecule has 4 heteroatoms. The number of hydrogen-bond donors (Lipinski definition) is 0. The highest BCUT2D eigenvalue weighted by molar-refractivity contribution is 4.91. The van der Waals surface area contributed by atoms with E-state index in [1.807, 2.05) is 13.8 Å². The van der Waals surface area contributed by atoms with Crippen molar-refractivity contribution >= 4 is 0 Å². The van der Waals surface area contributed by atoms with Gasteiger partial charge in [-0.15, -0.1) is 0 Å². The summed E-state index contributed by atoms with van der Waals surface area (Å²) in [6, 6.07) is 0. The lowest BCUT2D eigenvalue weighted by molar-refractivity contribution is -0.198. The molecule has 1 saturated carbocycles. The maximum absolute atomic E-state index is 6.49. The van der Waals surface area contributed by atoms with Gasteiger partial charge in [-0.25, -0.2) is 0 Å². The minimum absolute atomic E-state index is 0.256. The maximum Gasteiger partial charge on any atom is 0.168 e. The highest BCUT2D eigenvalue weighted by Crippen LogP contribution is 2.49. The van der Waals surface area contributed by atoms with Gasteiger partial charge < -0.3 is 19.1 Å².